The minimum atomic E-state index is -0.586. The van der Waals surface area contributed by atoms with Crippen molar-refractivity contribution in [1.82, 2.24) is 0 Å². The molecule has 0 saturated heterocycles. The van der Waals surface area contributed by atoms with Crippen LogP contribution < -0.4 is 5.32 Å². The van der Waals surface area contributed by atoms with Crippen LogP contribution >= 0.6 is 11.6 Å². The number of aliphatic hydroxyl groups excluding tert-OH is 1. The van der Waals surface area contributed by atoms with Crippen LogP contribution in [-0.4, -0.2) is 17.6 Å². The summed E-state index contributed by atoms with van der Waals surface area (Å²) in [4.78, 5) is 10.8. The standard InChI is InChI=1S/C9H7ClN2O2/c10-8-3-7(12-9(14)5-13)2-1-6(8)4-11/h1-3,13H,5H2,(H,12,14). The molecule has 72 valence electrons. The SMILES string of the molecule is N#Cc1ccc(NC(=O)CO)cc1Cl. The molecule has 0 spiro atoms. The van der Waals surface area contributed by atoms with Crippen LogP contribution in [0.3, 0.4) is 0 Å². The van der Waals surface area contributed by atoms with Crippen molar-refractivity contribution in [2.75, 3.05) is 11.9 Å². The maximum atomic E-state index is 10.8. The molecule has 5 heteroatoms. The summed E-state index contributed by atoms with van der Waals surface area (Å²) in [6.07, 6.45) is 0. The van der Waals surface area contributed by atoms with Gasteiger partial charge in [-0.1, -0.05) is 11.6 Å². The molecule has 1 aromatic carbocycles. The zero-order valence-electron chi connectivity index (χ0n) is 7.12. The number of nitrogens with zero attached hydrogens (tertiary/aromatic N) is 1. The third kappa shape index (κ3) is 2.46. The first-order valence-corrected chi connectivity index (χ1v) is 4.15. The number of carbonyl (C=O) groups is 1. The Balaban J connectivity index is 2.88. The van der Waals surface area contributed by atoms with E-state index >= 15 is 0 Å². The normalized spacial score (nSPS) is 9.21. The van der Waals surface area contributed by atoms with Gasteiger partial charge >= 0.3 is 0 Å². The molecular weight excluding hydrogens is 204 g/mol. The Kier molecular flexibility index (Phi) is 3.46. The van der Waals surface area contributed by atoms with E-state index in [-0.39, 0.29) is 5.02 Å². The quantitative estimate of drug-likeness (QED) is 0.769. The number of benzene rings is 1. The molecule has 14 heavy (non-hydrogen) atoms. The summed E-state index contributed by atoms with van der Waals surface area (Å²) in [5, 5.41) is 19.7. The van der Waals surface area contributed by atoms with Gasteiger partial charge in [0.1, 0.15) is 12.7 Å². The largest absolute Gasteiger partial charge is 0.387 e. The molecule has 0 fully saturated rings. The molecule has 0 atom stereocenters. The molecule has 0 aliphatic heterocycles. The second kappa shape index (κ2) is 4.61. The number of halogens is 1. The summed E-state index contributed by atoms with van der Waals surface area (Å²) in [6, 6.07) is 6.38. The van der Waals surface area contributed by atoms with E-state index < -0.39 is 12.5 Å². The first kappa shape index (κ1) is 10.5. The molecule has 4 nitrogen and oxygen atoms in total. The zero-order chi connectivity index (χ0) is 10.6. The maximum Gasteiger partial charge on any atom is 0.250 e. The molecule has 0 radical (unpaired) electrons. The lowest BCUT2D eigenvalue weighted by Gasteiger charge is -2.03. The van der Waals surface area contributed by atoms with Crippen LogP contribution in [0.5, 0.6) is 0 Å². The van der Waals surface area contributed by atoms with Crippen LogP contribution in [0.2, 0.25) is 5.02 Å². The monoisotopic (exact) mass is 210 g/mol. The lowest BCUT2D eigenvalue weighted by atomic mass is 10.2. The molecule has 1 rings (SSSR count). The first-order valence-electron chi connectivity index (χ1n) is 3.77. The molecule has 1 amide bonds. The number of aliphatic hydroxyl groups is 1. The van der Waals surface area contributed by atoms with Gasteiger partial charge in [-0.2, -0.15) is 5.26 Å². The third-order valence-electron chi connectivity index (χ3n) is 1.52. The van der Waals surface area contributed by atoms with Crippen molar-refractivity contribution in [3.8, 4) is 6.07 Å². The Morgan fingerprint density at radius 2 is 2.36 bits per heavy atom. The van der Waals surface area contributed by atoms with E-state index in [1.165, 1.54) is 18.2 Å². The summed E-state index contributed by atoms with van der Waals surface area (Å²) in [7, 11) is 0. The van der Waals surface area contributed by atoms with Crippen LogP contribution in [-0.2, 0) is 4.79 Å². The highest BCUT2D eigenvalue weighted by atomic mass is 35.5. The van der Waals surface area contributed by atoms with Crippen molar-refractivity contribution >= 4 is 23.2 Å². The highest BCUT2D eigenvalue weighted by Crippen LogP contribution is 2.19. The van der Waals surface area contributed by atoms with Crippen LogP contribution in [0.25, 0.3) is 0 Å². The van der Waals surface area contributed by atoms with Crippen LogP contribution in [0, 0.1) is 11.3 Å². The Hall–Kier alpha value is -1.57. The van der Waals surface area contributed by atoms with Gasteiger partial charge in [0.25, 0.3) is 0 Å². The Morgan fingerprint density at radius 1 is 1.64 bits per heavy atom. The minimum absolute atomic E-state index is 0.267. The van der Waals surface area contributed by atoms with Gasteiger partial charge in [-0.25, -0.2) is 0 Å². The Labute approximate surface area is 85.7 Å². The van der Waals surface area contributed by atoms with E-state index in [9.17, 15) is 4.79 Å². The fourth-order valence-electron chi connectivity index (χ4n) is 0.884. The second-order valence-electron chi connectivity index (χ2n) is 2.51. The number of amides is 1. The Morgan fingerprint density at radius 3 is 2.86 bits per heavy atom. The first-order chi connectivity index (χ1) is 6.67. The van der Waals surface area contributed by atoms with Crippen LogP contribution in [0.15, 0.2) is 18.2 Å². The van der Waals surface area contributed by atoms with Gasteiger partial charge in [-0.3, -0.25) is 4.79 Å². The summed E-state index contributed by atoms with van der Waals surface area (Å²) < 4.78 is 0. The minimum Gasteiger partial charge on any atom is -0.387 e. The fraction of sp³-hybridized carbons (Fsp3) is 0.111. The lowest BCUT2D eigenvalue weighted by Crippen LogP contribution is -2.15. The van der Waals surface area contributed by atoms with Crippen molar-refractivity contribution in [2.24, 2.45) is 0 Å². The van der Waals surface area contributed by atoms with Gasteiger partial charge < -0.3 is 10.4 Å². The predicted octanol–water partition coefficient (Wildman–Crippen LogP) is 1.14. The average molecular weight is 211 g/mol. The van der Waals surface area contributed by atoms with Crippen molar-refractivity contribution in [1.29, 1.82) is 5.26 Å². The molecule has 1 aromatic rings. The van der Waals surface area contributed by atoms with E-state index in [0.717, 1.165) is 0 Å². The second-order valence-corrected chi connectivity index (χ2v) is 2.92. The lowest BCUT2D eigenvalue weighted by molar-refractivity contribution is -0.118. The topological polar surface area (TPSA) is 73.1 Å². The number of hydrogen-bond donors (Lipinski definition) is 2. The number of nitrogens with one attached hydrogen (secondary N) is 1. The average Bonchev–Trinajstić information content (AvgIpc) is 2.18. The number of nitriles is 1. The predicted molar refractivity (Wildman–Crippen MR) is 51.9 cm³/mol. The number of hydrogen-bond acceptors (Lipinski definition) is 3. The maximum absolute atomic E-state index is 10.8. The smallest absolute Gasteiger partial charge is 0.250 e. The number of carbonyl (C=O) groups excluding carboxylic acids is 1. The van der Waals surface area contributed by atoms with Crippen molar-refractivity contribution < 1.29 is 9.90 Å². The van der Waals surface area contributed by atoms with E-state index in [4.69, 9.17) is 22.0 Å². The summed E-state index contributed by atoms with van der Waals surface area (Å²) >= 11 is 5.72. The molecule has 0 aliphatic carbocycles. The molecule has 2 N–H and O–H groups in total. The summed E-state index contributed by atoms with van der Waals surface area (Å²) in [5.41, 5.74) is 0.793. The molecule has 0 unspecified atom stereocenters. The zero-order valence-corrected chi connectivity index (χ0v) is 7.88. The van der Waals surface area contributed by atoms with Gasteiger partial charge in [0, 0.05) is 5.69 Å². The highest BCUT2D eigenvalue weighted by molar-refractivity contribution is 6.32. The highest BCUT2D eigenvalue weighted by Gasteiger charge is 2.03. The van der Waals surface area contributed by atoms with Crippen molar-refractivity contribution in [3.63, 3.8) is 0 Å². The number of anilines is 1. The van der Waals surface area contributed by atoms with Crippen LogP contribution in [0.4, 0.5) is 5.69 Å². The molecule has 0 bridgehead atoms. The molecule has 0 heterocycles. The van der Waals surface area contributed by atoms with E-state index in [1.54, 1.807) is 0 Å². The van der Waals surface area contributed by atoms with E-state index in [2.05, 4.69) is 5.32 Å². The van der Waals surface area contributed by atoms with E-state index in [0.29, 0.717) is 11.3 Å². The van der Waals surface area contributed by atoms with Crippen molar-refractivity contribution in [3.05, 3.63) is 28.8 Å². The Bertz CT molecular complexity index is 398. The van der Waals surface area contributed by atoms with Gasteiger partial charge in [0.15, 0.2) is 0 Å². The van der Waals surface area contributed by atoms with Gasteiger partial charge in [-0.15, -0.1) is 0 Å². The van der Waals surface area contributed by atoms with Crippen LogP contribution in [0.1, 0.15) is 5.56 Å². The van der Waals surface area contributed by atoms with Crippen molar-refractivity contribution in [2.45, 2.75) is 0 Å². The fourth-order valence-corrected chi connectivity index (χ4v) is 1.11. The molecule has 0 saturated carbocycles. The summed E-state index contributed by atoms with van der Waals surface area (Å²) in [6.45, 7) is -0.586. The van der Waals surface area contributed by atoms with Gasteiger partial charge in [-0.05, 0) is 18.2 Å². The molecular formula is C9H7ClN2O2. The van der Waals surface area contributed by atoms with Gasteiger partial charge in [0.2, 0.25) is 5.91 Å². The molecule has 0 aromatic heterocycles. The third-order valence-corrected chi connectivity index (χ3v) is 1.83. The number of rotatable bonds is 2. The van der Waals surface area contributed by atoms with E-state index in [1.807, 2.05) is 6.07 Å². The summed E-state index contributed by atoms with van der Waals surface area (Å²) in [5.74, 6) is -0.522. The molecule has 0 aliphatic rings. The van der Waals surface area contributed by atoms with Gasteiger partial charge in [0.05, 0.1) is 10.6 Å².